The van der Waals surface area contributed by atoms with E-state index in [1.807, 2.05) is 6.07 Å². The third-order valence-corrected chi connectivity index (χ3v) is 3.41. The Labute approximate surface area is 82.7 Å². The number of ether oxygens (including phenoxy) is 1. The molecule has 3 heteroatoms. The SMILES string of the molecule is OC(c1ccco1)[C@]12CCCC[C@@H]1O2. The molecular formula is C11H14O3. The Kier molecular flexibility index (Phi) is 1.73. The van der Waals surface area contributed by atoms with Crippen LogP contribution in [0.1, 0.15) is 37.5 Å². The van der Waals surface area contributed by atoms with Crippen molar-refractivity contribution < 1.29 is 14.3 Å². The molecule has 14 heavy (non-hydrogen) atoms. The van der Waals surface area contributed by atoms with Crippen molar-refractivity contribution in [3.63, 3.8) is 0 Å². The van der Waals surface area contributed by atoms with Crippen LogP contribution in [0.15, 0.2) is 22.8 Å². The van der Waals surface area contributed by atoms with E-state index < -0.39 is 6.10 Å². The first-order chi connectivity index (χ1) is 6.83. The Morgan fingerprint density at radius 1 is 1.50 bits per heavy atom. The van der Waals surface area contributed by atoms with Crippen LogP contribution in [0, 0.1) is 0 Å². The van der Waals surface area contributed by atoms with Gasteiger partial charge in [0.2, 0.25) is 0 Å². The molecule has 1 aromatic heterocycles. The van der Waals surface area contributed by atoms with Crippen LogP contribution in [-0.2, 0) is 4.74 Å². The molecule has 3 atom stereocenters. The molecule has 0 radical (unpaired) electrons. The van der Waals surface area contributed by atoms with Gasteiger partial charge in [-0.15, -0.1) is 0 Å². The van der Waals surface area contributed by atoms with E-state index in [0.29, 0.717) is 5.76 Å². The average molecular weight is 194 g/mol. The van der Waals surface area contributed by atoms with Crippen molar-refractivity contribution in [3.05, 3.63) is 24.2 Å². The van der Waals surface area contributed by atoms with Gasteiger partial charge in [0.15, 0.2) is 0 Å². The molecule has 1 saturated carbocycles. The summed E-state index contributed by atoms with van der Waals surface area (Å²) in [5.74, 6) is 0.634. The van der Waals surface area contributed by atoms with Crippen molar-refractivity contribution in [2.45, 2.75) is 43.5 Å². The summed E-state index contributed by atoms with van der Waals surface area (Å²) in [5.41, 5.74) is -0.309. The normalized spacial score (nSPS) is 37.6. The highest BCUT2D eigenvalue weighted by Gasteiger charge is 2.62. The van der Waals surface area contributed by atoms with Gasteiger partial charge in [0.25, 0.3) is 0 Å². The molecule has 2 aliphatic rings. The maximum Gasteiger partial charge on any atom is 0.143 e. The molecule has 1 saturated heterocycles. The highest BCUT2D eigenvalue weighted by molar-refractivity contribution is 5.17. The Morgan fingerprint density at radius 2 is 2.43 bits per heavy atom. The first-order valence-corrected chi connectivity index (χ1v) is 5.22. The summed E-state index contributed by atoms with van der Waals surface area (Å²) in [6.07, 6.45) is 5.68. The fourth-order valence-corrected chi connectivity index (χ4v) is 2.55. The van der Waals surface area contributed by atoms with E-state index in [1.165, 1.54) is 6.42 Å². The standard InChI is InChI=1S/C11H14O3/c12-10(8-4-3-7-13-8)11-6-2-1-5-9(11)14-11/h3-4,7,9-10,12H,1-2,5-6H2/t9-,10?,11-/m0/s1. The molecule has 2 heterocycles. The van der Waals surface area contributed by atoms with Gasteiger partial charge in [-0.1, -0.05) is 12.8 Å². The fourth-order valence-electron chi connectivity index (χ4n) is 2.55. The summed E-state index contributed by atoms with van der Waals surface area (Å²) < 4.78 is 10.9. The number of furan rings is 1. The van der Waals surface area contributed by atoms with Gasteiger partial charge in [0, 0.05) is 0 Å². The molecule has 3 nitrogen and oxygen atoms in total. The van der Waals surface area contributed by atoms with Crippen LogP contribution in [0.5, 0.6) is 0 Å². The van der Waals surface area contributed by atoms with Gasteiger partial charge in [-0.3, -0.25) is 0 Å². The van der Waals surface area contributed by atoms with Gasteiger partial charge in [-0.25, -0.2) is 0 Å². The van der Waals surface area contributed by atoms with Crippen LogP contribution >= 0.6 is 0 Å². The maximum absolute atomic E-state index is 10.1. The number of fused-ring (bicyclic) bond motifs is 1. The molecule has 1 N–H and O–H groups in total. The summed E-state index contributed by atoms with van der Waals surface area (Å²) >= 11 is 0. The zero-order chi connectivity index (χ0) is 9.60. The maximum atomic E-state index is 10.1. The smallest absolute Gasteiger partial charge is 0.143 e. The molecule has 3 rings (SSSR count). The molecule has 0 amide bonds. The molecule has 1 aliphatic carbocycles. The van der Waals surface area contributed by atoms with E-state index >= 15 is 0 Å². The highest BCUT2D eigenvalue weighted by atomic mass is 16.6. The number of rotatable bonds is 2. The Bertz CT molecular complexity index is 319. The lowest BCUT2D eigenvalue weighted by Crippen LogP contribution is -2.27. The molecule has 76 valence electrons. The minimum Gasteiger partial charge on any atom is -0.466 e. The van der Waals surface area contributed by atoms with Crippen molar-refractivity contribution in [2.75, 3.05) is 0 Å². The van der Waals surface area contributed by atoms with Gasteiger partial charge < -0.3 is 14.3 Å². The highest BCUT2D eigenvalue weighted by Crippen LogP contribution is 2.54. The first-order valence-electron chi connectivity index (χ1n) is 5.22. The third-order valence-electron chi connectivity index (χ3n) is 3.41. The van der Waals surface area contributed by atoms with Crippen molar-refractivity contribution in [2.24, 2.45) is 0 Å². The number of epoxide rings is 1. The molecular weight excluding hydrogens is 180 g/mol. The second kappa shape index (κ2) is 2.84. The molecule has 1 unspecified atom stereocenters. The number of hydrogen-bond donors (Lipinski definition) is 1. The van der Waals surface area contributed by atoms with Crippen LogP contribution < -0.4 is 0 Å². The monoisotopic (exact) mass is 194 g/mol. The lowest BCUT2D eigenvalue weighted by molar-refractivity contribution is 0.0495. The minimum atomic E-state index is -0.581. The van der Waals surface area contributed by atoms with E-state index in [9.17, 15) is 5.11 Å². The van der Waals surface area contributed by atoms with Gasteiger partial charge >= 0.3 is 0 Å². The molecule has 0 spiro atoms. The number of hydrogen-bond acceptors (Lipinski definition) is 3. The van der Waals surface area contributed by atoms with Gasteiger partial charge in [0.05, 0.1) is 12.4 Å². The molecule has 0 aromatic carbocycles. The molecule has 1 aromatic rings. The Hall–Kier alpha value is -0.800. The predicted molar refractivity (Wildman–Crippen MR) is 49.7 cm³/mol. The zero-order valence-electron chi connectivity index (χ0n) is 7.98. The van der Waals surface area contributed by atoms with E-state index in [1.54, 1.807) is 12.3 Å². The van der Waals surface area contributed by atoms with Crippen LogP contribution in [0.4, 0.5) is 0 Å². The summed E-state index contributed by atoms with van der Waals surface area (Å²) in [6.45, 7) is 0. The Morgan fingerprint density at radius 3 is 3.14 bits per heavy atom. The van der Waals surface area contributed by atoms with Crippen molar-refractivity contribution in [3.8, 4) is 0 Å². The van der Waals surface area contributed by atoms with E-state index in [2.05, 4.69) is 0 Å². The first kappa shape index (κ1) is 8.50. The average Bonchev–Trinajstić information content (AvgIpc) is 2.73. The minimum absolute atomic E-state index is 0.261. The van der Waals surface area contributed by atoms with E-state index in [0.717, 1.165) is 19.3 Å². The van der Waals surface area contributed by atoms with Crippen molar-refractivity contribution in [1.29, 1.82) is 0 Å². The van der Waals surface area contributed by atoms with Gasteiger partial charge in [-0.2, -0.15) is 0 Å². The van der Waals surface area contributed by atoms with Crippen LogP contribution in [0.2, 0.25) is 0 Å². The summed E-state index contributed by atoms with van der Waals surface area (Å²) in [5, 5.41) is 10.1. The van der Waals surface area contributed by atoms with E-state index in [4.69, 9.17) is 9.15 Å². The lowest BCUT2D eigenvalue weighted by atomic mass is 9.84. The Balaban J connectivity index is 1.83. The zero-order valence-corrected chi connectivity index (χ0v) is 7.98. The number of aliphatic hydroxyl groups excluding tert-OH is 1. The quantitative estimate of drug-likeness (QED) is 0.732. The third kappa shape index (κ3) is 1.06. The molecule has 0 bridgehead atoms. The van der Waals surface area contributed by atoms with Gasteiger partial charge in [0.1, 0.15) is 17.5 Å². The summed E-state index contributed by atoms with van der Waals surface area (Å²) in [6, 6.07) is 3.61. The largest absolute Gasteiger partial charge is 0.466 e. The topological polar surface area (TPSA) is 45.9 Å². The summed E-state index contributed by atoms with van der Waals surface area (Å²) in [7, 11) is 0. The second-order valence-electron chi connectivity index (χ2n) is 4.23. The van der Waals surface area contributed by atoms with Crippen molar-refractivity contribution in [1.82, 2.24) is 0 Å². The second-order valence-corrected chi connectivity index (χ2v) is 4.23. The van der Waals surface area contributed by atoms with E-state index in [-0.39, 0.29) is 11.7 Å². The summed E-state index contributed by atoms with van der Waals surface area (Å²) in [4.78, 5) is 0. The molecule has 2 fully saturated rings. The van der Waals surface area contributed by atoms with Crippen LogP contribution in [0.3, 0.4) is 0 Å². The fraction of sp³-hybridized carbons (Fsp3) is 0.636. The lowest BCUT2D eigenvalue weighted by Gasteiger charge is -2.21. The predicted octanol–water partition coefficient (Wildman–Crippen LogP) is 2.02. The van der Waals surface area contributed by atoms with Crippen LogP contribution in [-0.4, -0.2) is 16.8 Å². The van der Waals surface area contributed by atoms with Gasteiger partial charge in [-0.05, 0) is 25.0 Å². The molecule has 1 aliphatic heterocycles. The van der Waals surface area contributed by atoms with Crippen LogP contribution in [0.25, 0.3) is 0 Å². The number of aliphatic hydroxyl groups is 1. The van der Waals surface area contributed by atoms with Crippen molar-refractivity contribution >= 4 is 0 Å².